The van der Waals surface area contributed by atoms with E-state index in [9.17, 15) is 9.59 Å². The molecule has 0 aliphatic heterocycles. The first-order chi connectivity index (χ1) is 14.1. The van der Waals surface area contributed by atoms with E-state index in [1.54, 1.807) is 23.6 Å². The average Bonchev–Trinajstić information content (AvgIpc) is 3.12. The lowest BCUT2D eigenvalue weighted by Gasteiger charge is -2.09. The Hall–Kier alpha value is -2.89. The van der Waals surface area contributed by atoms with Gasteiger partial charge in [-0.05, 0) is 30.2 Å². The number of esters is 1. The highest BCUT2D eigenvalue weighted by atomic mass is 35.5. The van der Waals surface area contributed by atoms with Gasteiger partial charge in [-0.3, -0.25) is 9.36 Å². The van der Waals surface area contributed by atoms with Crippen LogP contribution >= 0.6 is 22.9 Å². The van der Waals surface area contributed by atoms with E-state index in [1.165, 1.54) is 17.4 Å². The van der Waals surface area contributed by atoms with Gasteiger partial charge in [0.2, 0.25) is 0 Å². The summed E-state index contributed by atoms with van der Waals surface area (Å²) in [6.45, 7) is 2.39. The molecule has 6 heteroatoms. The lowest BCUT2D eigenvalue weighted by atomic mass is 10.0. The van der Waals surface area contributed by atoms with Crippen molar-refractivity contribution in [1.29, 1.82) is 0 Å². The highest BCUT2D eigenvalue weighted by Crippen LogP contribution is 2.39. The minimum Gasteiger partial charge on any atom is -0.462 e. The van der Waals surface area contributed by atoms with Gasteiger partial charge >= 0.3 is 5.97 Å². The van der Waals surface area contributed by atoms with Gasteiger partial charge in [-0.25, -0.2) is 4.79 Å². The van der Waals surface area contributed by atoms with Crippen molar-refractivity contribution in [1.82, 2.24) is 4.57 Å². The van der Waals surface area contributed by atoms with E-state index in [0.717, 1.165) is 26.9 Å². The maximum absolute atomic E-state index is 12.7. The van der Waals surface area contributed by atoms with Crippen LogP contribution in [-0.4, -0.2) is 17.1 Å². The maximum Gasteiger partial charge on any atom is 0.349 e. The number of thiophene rings is 1. The van der Waals surface area contributed by atoms with E-state index in [1.807, 2.05) is 48.5 Å². The fourth-order valence-corrected chi connectivity index (χ4v) is 4.72. The molecule has 0 bridgehead atoms. The highest BCUT2D eigenvalue weighted by molar-refractivity contribution is 7.21. The molecule has 0 aliphatic rings. The number of hydrogen-bond donors (Lipinski definition) is 0. The second-order valence-corrected chi connectivity index (χ2v) is 7.87. The Bertz CT molecular complexity index is 1240. The summed E-state index contributed by atoms with van der Waals surface area (Å²) >= 11 is 7.59. The van der Waals surface area contributed by atoms with Gasteiger partial charge in [-0.2, -0.15) is 0 Å². The standard InChI is InChI=1S/C23H18ClNO3S/c1-2-28-23(27)21-20(15-8-4-3-5-9-15)17-12-13-19(26)25(22(17)29-21)14-16-10-6-7-11-18(16)24/h3-13H,2,14H2,1H3. The number of ether oxygens (including phenoxy) is 1. The zero-order valence-corrected chi connectivity index (χ0v) is 17.3. The van der Waals surface area contributed by atoms with Crippen molar-refractivity contribution in [2.24, 2.45) is 0 Å². The van der Waals surface area contributed by atoms with E-state index < -0.39 is 0 Å². The third kappa shape index (κ3) is 3.71. The Morgan fingerprint density at radius 2 is 1.76 bits per heavy atom. The summed E-state index contributed by atoms with van der Waals surface area (Å²) in [5.74, 6) is -0.385. The van der Waals surface area contributed by atoms with Crippen molar-refractivity contribution in [3.8, 4) is 11.1 Å². The molecule has 146 valence electrons. The first kappa shape index (κ1) is 19.4. The molecule has 0 radical (unpaired) electrons. The third-order valence-corrected chi connectivity index (χ3v) is 6.22. The van der Waals surface area contributed by atoms with Crippen LogP contribution in [0.1, 0.15) is 22.2 Å². The number of halogens is 1. The van der Waals surface area contributed by atoms with Crippen molar-refractivity contribution in [3.63, 3.8) is 0 Å². The first-order valence-electron chi connectivity index (χ1n) is 9.22. The maximum atomic E-state index is 12.7. The molecule has 0 unspecified atom stereocenters. The number of hydrogen-bond acceptors (Lipinski definition) is 4. The largest absolute Gasteiger partial charge is 0.462 e. The Balaban J connectivity index is 1.97. The predicted molar refractivity (Wildman–Crippen MR) is 118 cm³/mol. The molecule has 2 heterocycles. The van der Waals surface area contributed by atoms with E-state index in [2.05, 4.69) is 0 Å². The van der Waals surface area contributed by atoms with Crippen molar-refractivity contribution >= 4 is 39.1 Å². The van der Waals surface area contributed by atoms with Gasteiger partial charge in [0.15, 0.2) is 0 Å². The topological polar surface area (TPSA) is 48.3 Å². The second kappa shape index (κ2) is 8.23. The summed E-state index contributed by atoms with van der Waals surface area (Å²) < 4.78 is 6.95. The Morgan fingerprint density at radius 1 is 1.03 bits per heavy atom. The van der Waals surface area contributed by atoms with E-state index >= 15 is 0 Å². The van der Waals surface area contributed by atoms with Crippen LogP contribution in [0.3, 0.4) is 0 Å². The number of nitrogens with zero attached hydrogens (tertiary/aromatic N) is 1. The number of pyridine rings is 1. The number of benzene rings is 2. The lowest BCUT2D eigenvalue weighted by Crippen LogP contribution is -2.19. The van der Waals surface area contributed by atoms with Crippen LogP contribution in [0.15, 0.2) is 71.5 Å². The van der Waals surface area contributed by atoms with Crippen LogP contribution in [0.5, 0.6) is 0 Å². The summed E-state index contributed by atoms with van der Waals surface area (Å²) in [5, 5.41) is 1.44. The summed E-state index contributed by atoms with van der Waals surface area (Å²) in [6, 6.07) is 20.4. The van der Waals surface area contributed by atoms with Gasteiger partial charge in [-0.1, -0.05) is 60.1 Å². The zero-order valence-electron chi connectivity index (χ0n) is 15.7. The Morgan fingerprint density at radius 3 is 2.48 bits per heavy atom. The molecule has 0 N–H and O–H groups in total. The van der Waals surface area contributed by atoms with Crippen LogP contribution in [0.4, 0.5) is 0 Å². The van der Waals surface area contributed by atoms with Crippen LogP contribution < -0.4 is 5.56 Å². The summed E-state index contributed by atoms with van der Waals surface area (Å²) in [5.41, 5.74) is 2.39. The lowest BCUT2D eigenvalue weighted by molar-refractivity contribution is 0.0533. The molecule has 0 spiro atoms. The molecular formula is C23H18ClNO3S. The van der Waals surface area contributed by atoms with Gasteiger partial charge in [0.25, 0.3) is 5.56 Å². The molecule has 0 amide bonds. The van der Waals surface area contributed by atoms with Crippen LogP contribution in [0, 0.1) is 0 Å². The van der Waals surface area contributed by atoms with E-state index in [0.29, 0.717) is 16.4 Å². The number of aromatic nitrogens is 1. The Kier molecular flexibility index (Phi) is 5.51. The number of fused-ring (bicyclic) bond motifs is 1. The molecule has 0 saturated carbocycles. The summed E-state index contributed by atoms with van der Waals surface area (Å²) in [6.07, 6.45) is 0. The van der Waals surface area contributed by atoms with Crippen LogP contribution in [0.25, 0.3) is 21.3 Å². The molecule has 2 aromatic heterocycles. The minimum atomic E-state index is -0.385. The summed E-state index contributed by atoms with van der Waals surface area (Å²) in [4.78, 5) is 26.6. The third-order valence-electron chi connectivity index (χ3n) is 4.64. The second-order valence-electron chi connectivity index (χ2n) is 6.46. The average molecular weight is 424 g/mol. The van der Waals surface area contributed by atoms with Crippen molar-refractivity contribution in [2.75, 3.05) is 6.61 Å². The summed E-state index contributed by atoms with van der Waals surface area (Å²) in [7, 11) is 0. The zero-order chi connectivity index (χ0) is 20.4. The number of carbonyl (C=O) groups is 1. The smallest absolute Gasteiger partial charge is 0.349 e. The molecule has 2 aromatic carbocycles. The normalized spacial score (nSPS) is 11.0. The van der Waals surface area contributed by atoms with Crippen LogP contribution in [0.2, 0.25) is 5.02 Å². The SMILES string of the molecule is CCOC(=O)c1sc2c(ccc(=O)n2Cc2ccccc2Cl)c1-c1ccccc1. The predicted octanol–water partition coefficient (Wildman–Crippen LogP) is 5.61. The quantitative estimate of drug-likeness (QED) is 0.392. The van der Waals surface area contributed by atoms with Crippen molar-refractivity contribution in [3.05, 3.63) is 92.5 Å². The molecule has 0 aliphatic carbocycles. The van der Waals surface area contributed by atoms with Crippen LogP contribution in [-0.2, 0) is 11.3 Å². The molecule has 4 nitrogen and oxygen atoms in total. The molecule has 0 saturated heterocycles. The fraction of sp³-hybridized carbons (Fsp3) is 0.130. The number of rotatable bonds is 5. The molecule has 4 aromatic rings. The molecule has 0 atom stereocenters. The molecule has 29 heavy (non-hydrogen) atoms. The fourth-order valence-electron chi connectivity index (χ4n) is 3.31. The Labute approximate surface area is 176 Å². The highest BCUT2D eigenvalue weighted by Gasteiger charge is 2.23. The van der Waals surface area contributed by atoms with Gasteiger partial charge in [0.1, 0.15) is 9.71 Å². The monoisotopic (exact) mass is 423 g/mol. The van der Waals surface area contributed by atoms with Gasteiger partial charge in [0, 0.05) is 22.0 Å². The van der Waals surface area contributed by atoms with Crippen molar-refractivity contribution < 1.29 is 9.53 Å². The van der Waals surface area contributed by atoms with E-state index in [4.69, 9.17) is 16.3 Å². The van der Waals surface area contributed by atoms with Gasteiger partial charge in [0.05, 0.1) is 13.2 Å². The molecule has 4 rings (SSSR count). The first-order valence-corrected chi connectivity index (χ1v) is 10.4. The number of carbonyl (C=O) groups excluding carboxylic acids is 1. The molecule has 0 fully saturated rings. The van der Waals surface area contributed by atoms with E-state index in [-0.39, 0.29) is 18.1 Å². The van der Waals surface area contributed by atoms with Gasteiger partial charge < -0.3 is 4.74 Å². The molecular weight excluding hydrogens is 406 g/mol. The van der Waals surface area contributed by atoms with Gasteiger partial charge in [-0.15, -0.1) is 11.3 Å². The van der Waals surface area contributed by atoms with Crippen molar-refractivity contribution in [2.45, 2.75) is 13.5 Å². The minimum absolute atomic E-state index is 0.145.